The van der Waals surface area contributed by atoms with E-state index in [2.05, 4.69) is 27.4 Å². The van der Waals surface area contributed by atoms with E-state index in [-0.39, 0.29) is 0 Å². The highest BCUT2D eigenvalue weighted by Gasteiger charge is 2.04. The van der Waals surface area contributed by atoms with Gasteiger partial charge in [-0.25, -0.2) is 4.98 Å². The first-order valence-corrected chi connectivity index (χ1v) is 7.34. The normalized spacial score (nSPS) is 11.5. The highest BCUT2D eigenvalue weighted by atomic mass is 16.5. The first-order valence-electron chi connectivity index (χ1n) is 7.34. The predicted molar refractivity (Wildman–Crippen MR) is 93.1 cm³/mol. The van der Waals surface area contributed by atoms with Crippen LogP contribution in [-0.4, -0.2) is 22.8 Å². The largest absolute Gasteiger partial charge is 0.497 e. The zero-order chi connectivity index (χ0) is 16.2. The number of benzene rings is 1. The van der Waals surface area contributed by atoms with Crippen LogP contribution in [0.15, 0.2) is 53.8 Å². The number of fused-ring (bicyclic) bond motifs is 1. The van der Waals surface area contributed by atoms with Crippen molar-refractivity contribution in [2.24, 2.45) is 5.10 Å². The average Bonchev–Trinajstić information content (AvgIpc) is 2.60. The van der Waals surface area contributed by atoms with E-state index in [1.54, 1.807) is 13.3 Å². The molecule has 0 radical (unpaired) electrons. The number of hydrogen-bond acceptors (Lipinski definition) is 5. The molecule has 0 aliphatic heterocycles. The van der Waals surface area contributed by atoms with Gasteiger partial charge in [-0.1, -0.05) is 6.07 Å². The van der Waals surface area contributed by atoms with E-state index < -0.39 is 0 Å². The molecule has 0 amide bonds. The van der Waals surface area contributed by atoms with Gasteiger partial charge in [0, 0.05) is 17.6 Å². The lowest BCUT2D eigenvalue weighted by Crippen LogP contribution is -2.03. The van der Waals surface area contributed by atoms with E-state index in [0.717, 1.165) is 33.6 Å². The fourth-order valence-electron chi connectivity index (χ4n) is 2.34. The van der Waals surface area contributed by atoms with Gasteiger partial charge in [0.25, 0.3) is 0 Å². The van der Waals surface area contributed by atoms with E-state index in [9.17, 15) is 0 Å². The van der Waals surface area contributed by atoms with Crippen LogP contribution in [0.2, 0.25) is 0 Å². The minimum absolute atomic E-state index is 0.693. The van der Waals surface area contributed by atoms with E-state index in [0.29, 0.717) is 5.82 Å². The lowest BCUT2D eigenvalue weighted by atomic mass is 10.1. The van der Waals surface area contributed by atoms with Crippen LogP contribution in [0.1, 0.15) is 18.2 Å². The number of hydrogen-bond donors (Lipinski definition) is 1. The van der Waals surface area contributed by atoms with Gasteiger partial charge >= 0.3 is 0 Å². The zero-order valence-corrected chi connectivity index (χ0v) is 13.4. The Bertz CT molecular complexity index is 860. The number of pyridine rings is 2. The Balaban J connectivity index is 1.91. The van der Waals surface area contributed by atoms with Gasteiger partial charge in [0.2, 0.25) is 0 Å². The summed E-state index contributed by atoms with van der Waals surface area (Å²) < 4.78 is 5.26. The van der Waals surface area contributed by atoms with Crippen LogP contribution in [0.5, 0.6) is 5.75 Å². The zero-order valence-electron chi connectivity index (χ0n) is 13.4. The number of nitrogens with zero attached hydrogens (tertiary/aromatic N) is 3. The van der Waals surface area contributed by atoms with Crippen LogP contribution in [0.4, 0.5) is 5.82 Å². The Labute approximate surface area is 135 Å². The maximum Gasteiger partial charge on any atom is 0.147 e. The summed E-state index contributed by atoms with van der Waals surface area (Å²) in [5, 5.41) is 5.46. The summed E-state index contributed by atoms with van der Waals surface area (Å²) in [6.45, 7) is 3.96. The minimum Gasteiger partial charge on any atom is -0.497 e. The smallest absolute Gasteiger partial charge is 0.147 e. The third-order valence-electron chi connectivity index (χ3n) is 3.60. The monoisotopic (exact) mass is 306 g/mol. The molecule has 5 heteroatoms. The third-order valence-corrected chi connectivity index (χ3v) is 3.60. The second-order valence-corrected chi connectivity index (χ2v) is 5.23. The highest BCUT2D eigenvalue weighted by Crippen LogP contribution is 2.24. The van der Waals surface area contributed by atoms with Crippen molar-refractivity contribution in [3.05, 3.63) is 59.9 Å². The molecule has 0 aliphatic carbocycles. The number of rotatable bonds is 4. The third kappa shape index (κ3) is 3.29. The maximum absolute atomic E-state index is 5.26. The van der Waals surface area contributed by atoms with E-state index in [1.165, 1.54) is 0 Å². The molecule has 0 atom stereocenters. The summed E-state index contributed by atoms with van der Waals surface area (Å²) in [4.78, 5) is 8.87. The molecule has 0 fully saturated rings. The molecule has 1 N–H and O–H groups in total. The first-order chi connectivity index (χ1) is 11.2. The van der Waals surface area contributed by atoms with Gasteiger partial charge in [-0.3, -0.25) is 10.4 Å². The molecule has 0 aliphatic rings. The van der Waals surface area contributed by atoms with Gasteiger partial charge in [-0.15, -0.1) is 0 Å². The summed E-state index contributed by atoms with van der Waals surface area (Å²) in [6.07, 6.45) is 1.75. The van der Waals surface area contributed by atoms with Crippen LogP contribution >= 0.6 is 0 Å². The highest BCUT2D eigenvalue weighted by molar-refractivity contribution is 5.97. The lowest BCUT2D eigenvalue weighted by Gasteiger charge is -2.08. The van der Waals surface area contributed by atoms with Crippen LogP contribution in [0, 0.1) is 6.92 Å². The molecule has 3 aromatic rings. The maximum atomic E-state index is 5.26. The fourth-order valence-corrected chi connectivity index (χ4v) is 2.34. The lowest BCUT2D eigenvalue weighted by molar-refractivity contribution is 0.415. The van der Waals surface area contributed by atoms with Gasteiger partial charge in [-0.2, -0.15) is 5.10 Å². The second kappa shape index (κ2) is 6.44. The van der Waals surface area contributed by atoms with Crippen LogP contribution < -0.4 is 10.2 Å². The van der Waals surface area contributed by atoms with Gasteiger partial charge in [0.1, 0.15) is 11.6 Å². The van der Waals surface area contributed by atoms with E-state index in [4.69, 9.17) is 4.74 Å². The summed E-state index contributed by atoms with van der Waals surface area (Å²) in [5.41, 5.74) is 6.65. The standard InChI is InChI=1S/C18H18N4O/c1-12-10-18(20-17-11-14(23-3)7-8-15(12)17)22-21-13(2)16-6-4-5-9-19-16/h4-11H,1-3H3,(H,20,22)/b21-13-. The molecule has 0 spiro atoms. The molecule has 0 unspecified atom stereocenters. The molecule has 0 saturated heterocycles. The molecule has 2 aromatic heterocycles. The predicted octanol–water partition coefficient (Wildman–Crippen LogP) is 3.78. The van der Waals surface area contributed by atoms with Crippen LogP contribution in [0.25, 0.3) is 10.9 Å². The SMILES string of the molecule is COc1ccc2c(C)cc(N/N=C(/C)c3ccccn3)nc2c1. The summed E-state index contributed by atoms with van der Waals surface area (Å²) >= 11 is 0. The molecular formula is C18H18N4O. The molecule has 23 heavy (non-hydrogen) atoms. The summed E-state index contributed by atoms with van der Waals surface area (Å²) in [7, 11) is 1.65. The van der Waals surface area contributed by atoms with Crippen molar-refractivity contribution in [1.29, 1.82) is 0 Å². The van der Waals surface area contributed by atoms with Crippen molar-refractivity contribution in [3.8, 4) is 5.75 Å². The molecule has 0 saturated carbocycles. The van der Waals surface area contributed by atoms with Crippen molar-refractivity contribution in [2.45, 2.75) is 13.8 Å². The van der Waals surface area contributed by atoms with Gasteiger partial charge in [0.05, 0.1) is 24.0 Å². The summed E-state index contributed by atoms with van der Waals surface area (Å²) in [6, 6.07) is 13.6. The Hall–Kier alpha value is -2.95. The number of hydrazone groups is 1. The quantitative estimate of drug-likeness (QED) is 0.588. The molecule has 0 bridgehead atoms. The summed E-state index contributed by atoms with van der Waals surface area (Å²) in [5.74, 6) is 1.48. The van der Waals surface area contributed by atoms with Gasteiger partial charge in [-0.05, 0) is 49.7 Å². The Morgan fingerprint density at radius 2 is 2.04 bits per heavy atom. The first kappa shape index (κ1) is 15.0. The Kier molecular flexibility index (Phi) is 4.19. The van der Waals surface area contributed by atoms with Crippen LogP contribution in [-0.2, 0) is 0 Å². The number of anilines is 1. The van der Waals surface area contributed by atoms with Crippen molar-refractivity contribution < 1.29 is 4.74 Å². The van der Waals surface area contributed by atoms with Crippen molar-refractivity contribution in [2.75, 3.05) is 12.5 Å². The number of ether oxygens (including phenoxy) is 1. The van der Waals surface area contributed by atoms with Crippen LogP contribution in [0.3, 0.4) is 0 Å². The van der Waals surface area contributed by atoms with Crippen molar-refractivity contribution >= 4 is 22.4 Å². The Morgan fingerprint density at radius 3 is 2.78 bits per heavy atom. The molecule has 5 nitrogen and oxygen atoms in total. The van der Waals surface area contributed by atoms with Gasteiger partial charge in [0.15, 0.2) is 0 Å². The van der Waals surface area contributed by atoms with E-state index >= 15 is 0 Å². The molecule has 3 rings (SSSR count). The molecular weight excluding hydrogens is 288 g/mol. The molecule has 1 aromatic carbocycles. The number of nitrogens with one attached hydrogen (secondary N) is 1. The number of aromatic nitrogens is 2. The van der Waals surface area contributed by atoms with Crippen molar-refractivity contribution in [1.82, 2.24) is 9.97 Å². The topological polar surface area (TPSA) is 59.4 Å². The number of aryl methyl sites for hydroxylation is 1. The second-order valence-electron chi connectivity index (χ2n) is 5.23. The molecule has 116 valence electrons. The van der Waals surface area contributed by atoms with Gasteiger partial charge < -0.3 is 4.74 Å². The minimum atomic E-state index is 0.693. The Morgan fingerprint density at radius 1 is 1.17 bits per heavy atom. The van der Waals surface area contributed by atoms with Crippen molar-refractivity contribution in [3.63, 3.8) is 0 Å². The van der Waals surface area contributed by atoms with E-state index in [1.807, 2.05) is 49.4 Å². The fraction of sp³-hybridized carbons (Fsp3) is 0.167. The molecule has 2 heterocycles. The number of methoxy groups -OCH3 is 1. The average molecular weight is 306 g/mol.